The Morgan fingerprint density at radius 2 is 1.90 bits per heavy atom. The van der Waals surface area contributed by atoms with Gasteiger partial charge in [0.25, 0.3) is 5.79 Å². The first-order valence-corrected chi connectivity index (χ1v) is 7.65. The number of aliphatic hydroxyl groups is 2. The van der Waals surface area contributed by atoms with Crippen LogP contribution in [0.15, 0.2) is 30.3 Å². The van der Waals surface area contributed by atoms with Crippen molar-refractivity contribution in [1.82, 2.24) is 0 Å². The molecule has 4 nitrogen and oxygen atoms in total. The molecule has 0 spiro atoms. The highest BCUT2D eigenvalue weighted by atomic mass is 16.6. The summed E-state index contributed by atoms with van der Waals surface area (Å²) < 4.78 is 5.09. The highest BCUT2D eigenvalue weighted by molar-refractivity contribution is 5.77. The van der Waals surface area contributed by atoms with E-state index in [1.807, 2.05) is 13.0 Å². The molecule has 0 bridgehead atoms. The molecule has 0 amide bonds. The molecule has 21 heavy (non-hydrogen) atoms. The molecular formula is C17H26O4. The number of ether oxygens (including phenoxy) is 1. The molecule has 1 rings (SSSR count). The first kappa shape index (κ1) is 17.7. The van der Waals surface area contributed by atoms with Crippen LogP contribution in [0.3, 0.4) is 0 Å². The Kier molecular flexibility index (Phi) is 7.40. The zero-order valence-electron chi connectivity index (χ0n) is 12.9. The smallest absolute Gasteiger partial charge is 0.366 e. The van der Waals surface area contributed by atoms with Gasteiger partial charge in [-0.05, 0) is 17.9 Å². The molecule has 0 aromatic heterocycles. The lowest BCUT2D eigenvalue weighted by Gasteiger charge is -2.22. The highest BCUT2D eigenvalue weighted by Gasteiger charge is 2.35. The topological polar surface area (TPSA) is 66.8 Å². The second-order valence-electron chi connectivity index (χ2n) is 5.49. The fourth-order valence-electron chi connectivity index (χ4n) is 2.16. The zero-order chi connectivity index (χ0) is 15.7. The summed E-state index contributed by atoms with van der Waals surface area (Å²) in [5.74, 6) is -3.16. The Hall–Kier alpha value is -1.39. The molecule has 0 radical (unpaired) electrons. The summed E-state index contributed by atoms with van der Waals surface area (Å²) in [6.07, 6.45) is 3.92. The molecule has 1 unspecified atom stereocenters. The number of benzene rings is 1. The molecule has 0 fully saturated rings. The van der Waals surface area contributed by atoms with Crippen LogP contribution >= 0.6 is 0 Å². The van der Waals surface area contributed by atoms with E-state index >= 15 is 0 Å². The van der Waals surface area contributed by atoms with Crippen LogP contribution in [-0.4, -0.2) is 28.6 Å². The molecule has 0 aliphatic carbocycles. The maximum Gasteiger partial charge on any atom is 0.366 e. The molecule has 4 heteroatoms. The van der Waals surface area contributed by atoms with E-state index in [-0.39, 0.29) is 18.9 Å². The Balaban J connectivity index is 2.49. The number of esters is 1. The lowest BCUT2D eigenvalue weighted by molar-refractivity contribution is -0.210. The van der Waals surface area contributed by atoms with Crippen LogP contribution in [0.25, 0.3) is 0 Å². The number of hydrogen-bond acceptors (Lipinski definition) is 4. The number of carbonyl (C=O) groups excluding carboxylic acids is 1. The van der Waals surface area contributed by atoms with Gasteiger partial charge in [-0.3, -0.25) is 0 Å². The predicted molar refractivity (Wildman–Crippen MR) is 81.6 cm³/mol. The van der Waals surface area contributed by atoms with Gasteiger partial charge in [-0.1, -0.05) is 63.4 Å². The van der Waals surface area contributed by atoms with Crippen molar-refractivity contribution in [1.29, 1.82) is 0 Å². The summed E-state index contributed by atoms with van der Waals surface area (Å²) in [6.45, 7) is 4.40. The minimum atomic E-state index is -2.47. The van der Waals surface area contributed by atoms with E-state index in [2.05, 4.69) is 6.92 Å². The van der Waals surface area contributed by atoms with Crippen LogP contribution in [0.4, 0.5) is 0 Å². The third-order valence-electron chi connectivity index (χ3n) is 3.61. The van der Waals surface area contributed by atoms with Crippen molar-refractivity contribution >= 4 is 5.97 Å². The standard InChI is InChI=1S/C17H26O4/c1-3-5-9-14(4-2)13-21-16(18)17(19,20)12-15-10-7-6-8-11-15/h6-8,10-11,14,19-20H,3-5,9,12-13H2,1-2H3. The molecular weight excluding hydrogens is 268 g/mol. The molecule has 0 aliphatic rings. The van der Waals surface area contributed by atoms with Crippen molar-refractivity contribution in [3.05, 3.63) is 35.9 Å². The summed E-state index contributed by atoms with van der Waals surface area (Å²) in [6, 6.07) is 8.89. The molecule has 1 aromatic rings. The van der Waals surface area contributed by atoms with Crippen LogP contribution in [0.2, 0.25) is 0 Å². The second kappa shape index (κ2) is 8.80. The van der Waals surface area contributed by atoms with Crippen molar-refractivity contribution in [3.63, 3.8) is 0 Å². The van der Waals surface area contributed by atoms with Crippen molar-refractivity contribution in [2.75, 3.05) is 6.61 Å². The van der Waals surface area contributed by atoms with E-state index in [9.17, 15) is 15.0 Å². The highest BCUT2D eigenvalue weighted by Crippen LogP contribution is 2.16. The lowest BCUT2D eigenvalue weighted by Crippen LogP contribution is -2.42. The first-order valence-electron chi connectivity index (χ1n) is 7.65. The van der Waals surface area contributed by atoms with Crippen LogP contribution < -0.4 is 0 Å². The normalized spacial score (nSPS) is 13.0. The van der Waals surface area contributed by atoms with Gasteiger partial charge in [-0.25, -0.2) is 4.79 Å². The van der Waals surface area contributed by atoms with E-state index in [0.29, 0.717) is 5.56 Å². The third kappa shape index (κ3) is 6.27. The van der Waals surface area contributed by atoms with Crippen LogP contribution in [0, 0.1) is 5.92 Å². The van der Waals surface area contributed by atoms with E-state index in [1.165, 1.54) is 0 Å². The molecule has 0 heterocycles. The monoisotopic (exact) mass is 294 g/mol. The van der Waals surface area contributed by atoms with E-state index in [1.54, 1.807) is 24.3 Å². The molecule has 0 saturated carbocycles. The number of rotatable bonds is 9. The van der Waals surface area contributed by atoms with Crippen LogP contribution in [0.5, 0.6) is 0 Å². The summed E-state index contributed by atoms with van der Waals surface area (Å²) in [5.41, 5.74) is 0.678. The second-order valence-corrected chi connectivity index (χ2v) is 5.49. The van der Waals surface area contributed by atoms with E-state index < -0.39 is 11.8 Å². The number of carbonyl (C=O) groups is 1. The van der Waals surface area contributed by atoms with Gasteiger partial charge in [0, 0.05) is 6.42 Å². The van der Waals surface area contributed by atoms with Crippen LogP contribution in [-0.2, 0) is 16.0 Å². The SMILES string of the molecule is CCCCC(CC)COC(=O)C(O)(O)Cc1ccccc1. The molecule has 118 valence electrons. The van der Waals surface area contributed by atoms with E-state index in [0.717, 1.165) is 25.7 Å². The van der Waals surface area contributed by atoms with Crippen molar-refractivity contribution in [3.8, 4) is 0 Å². The van der Waals surface area contributed by atoms with Gasteiger partial charge in [0.2, 0.25) is 0 Å². The first-order chi connectivity index (χ1) is 9.99. The fraction of sp³-hybridized carbons (Fsp3) is 0.588. The Bertz CT molecular complexity index is 414. The Labute approximate surface area is 126 Å². The van der Waals surface area contributed by atoms with E-state index in [4.69, 9.17) is 4.74 Å². The summed E-state index contributed by atoms with van der Waals surface area (Å²) in [4.78, 5) is 11.8. The van der Waals surface area contributed by atoms with Crippen LogP contribution in [0.1, 0.15) is 45.1 Å². The van der Waals surface area contributed by atoms with Gasteiger partial charge in [0.1, 0.15) is 0 Å². The van der Waals surface area contributed by atoms with Gasteiger partial charge < -0.3 is 14.9 Å². The average molecular weight is 294 g/mol. The number of unbranched alkanes of at least 4 members (excludes halogenated alkanes) is 1. The quantitative estimate of drug-likeness (QED) is 0.543. The van der Waals surface area contributed by atoms with Gasteiger partial charge in [-0.15, -0.1) is 0 Å². The zero-order valence-corrected chi connectivity index (χ0v) is 12.9. The molecule has 0 saturated heterocycles. The lowest BCUT2D eigenvalue weighted by atomic mass is 10.0. The Morgan fingerprint density at radius 3 is 2.48 bits per heavy atom. The molecule has 0 aliphatic heterocycles. The molecule has 1 atom stereocenters. The largest absolute Gasteiger partial charge is 0.461 e. The minimum Gasteiger partial charge on any atom is -0.461 e. The summed E-state index contributed by atoms with van der Waals surface area (Å²) in [5, 5.41) is 19.8. The maximum absolute atomic E-state index is 11.8. The van der Waals surface area contributed by atoms with Crippen molar-refractivity contribution in [2.45, 2.75) is 51.7 Å². The summed E-state index contributed by atoms with van der Waals surface area (Å²) in [7, 11) is 0. The van der Waals surface area contributed by atoms with Crippen molar-refractivity contribution < 1.29 is 19.7 Å². The molecule has 2 N–H and O–H groups in total. The fourth-order valence-corrected chi connectivity index (χ4v) is 2.16. The molecule has 1 aromatic carbocycles. The Morgan fingerprint density at radius 1 is 1.24 bits per heavy atom. The van der Waals surface area contributed by atoms with Gasteiger partial charge >= 0.3 is 5.97 Å². The number of hydrogen-bond donors (Lipinski definition) is 2. The predicted octanol–water partition coefficient (Wildman–Crippen LogP) is 2.67. The van der Waals surface area contributed by atoms with Gasteiger partial charge in [0.15, 0.2) is 0 Å². The summed E-state index contributed by atoms with van der Waals surface area (Å²) >= 11 is 0. The third-order valence-corrected chi connectivity index (χ3v) is 3.61. The minimum absolute atomic E-state index is 0.168. The van der Waals surface area contributed by atoms with Crippen molar-refractivity contribution in [2.24, 2.45) is 5.92 Å². The van der Waals surface area contributed by atoms with Gasteiger partial charge in [-0.2, -0.15) is 0 Å². The van der Waals surface area contributed by atoms with Gasteiger partial charge in [0.05, 0.1) is 6.61 Å². The maximum atomic E-state index is 11.8. The average Bonchev–Trinajstić information content (AvgIpc) is 2.47.